The first kappa shape index (κ1) is 34.0. The Kier molecular flexibility index (Phi) is 10.5. The van der Waals surface area contributed by atoms with Crippen LogP contribution < -0.4 is 10.6 Å². The zero-order valence-electron chi connectivity index (χ0n) is 28.3. The maximum Gasteiger partial charge on any atom is 0.294 e. The highest BCUT2D eigenvalue weighted by molar-refractivity contribution is 7.85. The molecule has 0 aromatic heterocycles. The molecule has 0 heterocycles. The Bertz CT molecular complexity index is 1810. The summed E-state index contributed by atoms with van der Waals surface area (Å²) < 4.78 is 35.3. The molecule has 0 amide bonds. The van der Waals surface area contributed by atoms with Crippen molar-refractivity contribution in [2.24, 2.45) is 0 Å². The number of rotatable bonds is 12. The van der Waals surface area contributed by atoms with Crippen LogP contribution in [0.5, 0.6) is 0 Å². The third-order valence-corrected chi connectivity index (χ3v) is 9.88. The molecule has 47 heavy (non-hydrogen) atoms. The molecule has 0 aliphatic carbocycles. The first-order valence-electron chi connectivity index (χ1n) is 16.6. The van der Waals surface area contributed by atoms with E-state index < -0.39 is 16.0 Å². The second-order valence-corrected chi connectivity index (χ2v) is 13.7. The molecule has 0 aliphatic rings. The molecule has 0 saturated heterocycles. The van der Waals surface area contributed by atoms with Crippen LogP contribution in [0.1, 0.15) is 83.7 Å². The van der Waals surface area contributed by atoms with Crippen LogP contribution in [0, 0.1) is 13.8 Å². The Morgan fingerprint density at radius 1 is 0.574 bits per heavy atom. The molecule has 0 spiro atoms. The summed E-state index contributed by atoms with van der Waals surface area (Å²) in [4.78, 5) is -0.0888. The van der Waals surface area contributed by atoms with Gasteiger partial charge in [0.25, 0.3) is 10.1 Å². The Morgan fingerprint density at radius 3 is 1.28 bits per heavy atom. The highest BCUT2D eigenvalue weighted by Crippen LogP contribution is 2.38. The molecule has 244 valence electrons. The summed E-state index contributed by atoms with van der Waals surface area (Å²) in [6, 6.07) is 32.0. The lowest BCUT2D eigenvalue weighted by molar-refractivity contribution is 0.482. The van der Waals surface area contributed by atoms with Gasteiger partial charge in [0, 0.05) is 28.7 Å². The zero-order valence-corrected chi connectivity index (χ0v) is 29.1. The molecular formula is C41H46N2O3S. The van der Waals surface area contributed by atoms with Gasteiger partial charge in [-0.05, 0) is 109 Å². The topological polar surface area (TPSA) is 78.4 Å². The molecular weight excluding hydrogens is 601 g/mol. The Balaban J connectivity index is 1.54. The van der Waals surface area contributed by atoms with E-state index in [4.69, 9.17) is 0 Å². The van der Waals surface area contributed by atoms with Gasteiger partial charge < -0.3 is 10.6 Å². The van der Waals surface area contributed by atoms with Crippen molar-refractivity contribution in [2.45, 2.75) is 78.0 Å². The normalized spacial score (nSPS) is 11.6. The van der Waals surface area contributed by atoms with Crippen LogP contribution in [-0.2, 0) is 35.8 Å². The van der Waals surface area contributed by atoms with Crippen LogP contribution >= 0.6 is 0 Å². The van der Waals surface area contributed by atoms with Crippen molar-refractivity contribution < 1.29 is 13.0 Å². The molecule has 5 rings (SSSR count). The summed E-state index contributed by atoms with van der Waals surface area (Å²) in [7, 11) is -4.45. The minimum atomic E-state index is -4.45. The Hall–Kier alpha value is -4.39. The largest absolute Gasteiger partial charge is 0.355 e. The fourth-order valence-electron chi connectivity index (χ4n) is 6.63. The Morgan fingerprint density at radius 2 is 0.936 bits per heavy atom. The van der Waals surface area contributed by atoms with Crippen molar-refractivity contribution in [1.29, 1.82) is 0 Å². The van der Waals surface area contributed by atoms with Crippen molar-refractivity contribution in [3.05, 3.63) is 147 Å². The van der Waals surface area contributed by atoms with Gasteiger partial charge in [0.05, 0.1) is 4.90 Å². The predicted molar refractivity (Wildman–Crippen MR) is 197 cm³/mol. The van der Waals surface area contributed by atoms with Crippen molar-refractivity contribution in [3.8, 4) is 0 Å². The molecule has 0 unspecified atom stereocenters. The lowest BCUT2D eigenvalue weighted by atomic mass is 9.85. The number of hydrogen-bond donors (Lipinski definition) is 3. The smallest absolute Gasteiger partial charge is 0.294 e. The summed E-state index contributed by atoms with van der Waals surface area (Å²) in [6.07, 6.45) is 3.71. The number of benzene rings is 5. The monoisotopic (exact) mass is 646 g/mol. The highest BCUT2D eigenvalue weighted by atomic mass is 32.2. The number of hydrogen-bond acceptors (Lipinski definition) is 4. The van der Waals surface area contributed by atoms with Gasteiger partial charge in [-0.3, -0.25) is 4.55 Å². The van der Waals surface area contributed by atoms with Gasteiger partial charge in [0.1, 0.15) is 0 Å². The second kappa shape index (κ2) is 14.6. The molecule has 0 aliphatic heterocycles. The maximum absolute atomic E-state index is 12.6. The maximum atomic E-state index is 12.6. The van der Waals surface area contributed by atoms with E-state index in [1.165, 1.54) is 39.4 Å². The molecule has 0 bridgehead atoms. The fraction of sp³-hybridized carbons (Fsp3) is 0.268. The van der Waals surface area contributed by atoms with Gasteiger partial charge in [0.2, 0.25) is 0 Å². The molecule has 3 N–H and O–H groups in total. The van der Waals surface area contributed by atoms with E-state index in [1.807, 2.05) is 54.6 Å². The van der Waals surface area contributed by atoms with E-state index in [0.29, 0.717) is 5.56 Å². The standard InChI is InChI=1S/C41H46N2O3S/c1-7-29-23-27(5)24-30(8-2)40(29)42-35-19-15-33(16-20-35)39(37-13-11-12-14-38(37)47(44,45)46)34-17-21-36(22-18-34)43-41-31(9-3)25-28(6)26-32(41)10-4/h11-26,39,42-43H,7-10H2,1-6H3,(H,44,45,46). The minimum Gasteiger partial charge on any atom is -0.355 e. The van der Waals surface area contributed by atoms with Gasteiger partial charge in [-0.1, -0.05) is 106 Å². The first-order chi connectivity index (χ1) is 22.6. The summed E-state index contributed by atoms with van der Waals surface area (Å²) >= 11 is 0. The predicted octanol–water partition coefficient (Wildman–Crippen LogP) is 10.5. The van der Waals surface area contributed by atoms with Crippen LogP contribution in [0.4, 0.5) is 22.7 Å². The van der Waals surface area contributed by atoms with Crippen LogP contribution in [0.15, 0.2) is 102 Å². The van der Waals surface area contributed by atoms with E-state index in [-0.39, 0.29) is 4.90 Å². The third-order valence-electron chi connectivity index (χ3n) is 8.95. The van der Waals surface area contributed by atoms with Gasteiger partial charge in [0.15, 0.2) is 0 Å². The fourth-order valence-corrected chi connectivity index (χ4v) is 7.37. The molecule has 6 heteroatoms. The Labute approximate surface area is 280 Å². The van der Waals surface area contributed by atoms with E-state index in [1.54, 1.807) is 12.1 Å². The van der Waals surface area contributed by atoms with Gasteiger partial charge in [-0.25, -0.2) is 0 Å². The molecule has 5 nitrogen and oxygen atoms in total. The van der Waals surface area contributed by atoms with Crippen molar-refractivity contribution >= 4 is 32.9 Å². The second-order valence-electron chi connectivity index (χ2n) is 12.3. The van der Waals surface area contributed by atoms with E-state index >= 15 is 0 Å². The highest BCUT2D eigenvalue weighted by Gasteiger charge is 2.25. The molecule has 0 atom stereocenters. The van der Waals surface area contributed by atoms with Crippen molar-refractivity contribution in [3.63, 3.8) is 0 Å². The van der Waals surface area contributed by atoms with Gasteiger partial charge in [-0.15, -0.1) is 0 Å². The minimum absolute atomic E-state index is 0.0888. The third kappa shape index (κ3) is 7.61. The first-order valence-corrected chi connectivity index (χ1v) is 18.0. The summed E-state index contributed by atoms with van der Waals surface area (Å²) in [6.45, 7) is 13.0. The van der Waals surface area contributed by atoms with E-state index in [9.17, 15) is 13.0 Å². The molecule has 0 fully saturated rings. The van der Waals surface area contributed by atoms with Crippen LogP contribution in [0.3, 0.4) is 0 Å². The molecule has 5 aromatic carbocycles. The summed E-state index contributed by atoms with van der Waals surface area (Å²) in [5.41, 5.74) is 14.2. The lowest BCUT2D eigenvalue weighted by Gasteiger charge is -2.23. The van der Waals surface area contributed by atoms with E-state index in [0.717, 1.165) is 59.6 Å². The summed E-state index contributed by atoms with van der Waals surface area (Å²) in [5.74, 6) is -0.426. The van der Waals surface area contributed by atoms with Crippen LogP contribution in [-0.4, -0.2) is 13.0 Å². The van der Waals surface area contributed by atoms with Crippen LogP contribution in [0.25, 0.3) is 0 Å². The SMILES string of the molecule is CCc1cc(C)cc(CC)c1Nc1ccc(C(c2ccc(Nc3c(CC)cc(C)cc3CC)cc2)c2ccccc2S(=O)(=O)O)cc1. The molecule has 0 saturated carbocycles. The average molecular weight is 647 g/mol. The van der Waals surface area contributed by atoms with Crippen molar-refractivity contribution in [2.75, 3.05) is 10.6 Å². The summed E-state index contributed by atoms with van der Waals surface area (Å²) in [5, 5.41) is 7.32. The van der Waals surface area contributed by atoms with Crippen LogP contribution in [0.2, 0.25) is 0 Å². The quantitative estimate of drug-likeness (QED) is 0.0929. The van der Waals surface area contributed by atoms with Gasteiger partial charge in [-0.2, -0.15) is 8.42 Å². The van der Waals surface area contributed by atoms with E-state index in [2.05, 4.69) is 76.4 Å². The number of nitrogens with one attached hydrogen (secondary N) is 2. The molecule has 0 radical (unpaired) electrons. The molecule has 5 aromatic rings. The van der Waals surface area contributed by atoms with Crippen molar-refractivity contribution in [1.82, 2.24) is 0 Å². The number of anilines is 4. The average Bonchev–Trinajstić information content (AvgIpc) is 3.07. The zero-order chi connectivity index (χ0) is 33.7. The lowest BCUT2D eigenvalue weighted by Crippen LogP contribution is -2.10. The number of aryl methyl sites for hydroxylation is 6. The van der Waals surface area contributed by atoms with Gasteiger partial charge >= 0.3 is 0 Å².